The molecule has 0 aromatic heterocycles. The van der Waals surface area contributed by atoms with E-state index in [1.807, 2.05) is 0 Å². The second-order valence-electron chi connectivity index (χ2n) is 7.12. The molecule has 0 spiro atoms. The van der Waals surface area contributed by atoms with Crippen LogP contribution in [-0.4, -0.2) is 75.3 Å². The molecule has 0 bridgehead atoms. The summed E-state index contributed by atoms with van der Waals surface area (Å²) in [4.78, 5) is 40.9. The molecule has 3 rings (SSSR count). The number of nitrogens with one attached hydrogen (secondary N) is 1. The first kappa shape index (κ1) is 22.3. The topological polar surface area (TPSA) is 192 Å². The van der Waals surface area contributed by atoms with E-state index in [1.54, 1.807) is 6.92 Å². The summed E-state index contributed by atoms with van der Waals surface area (Å²) in [6, 6.07) is 0. The van der Waals surface area contributed by atoms with Crippen molar-refractivity contribution < 1.29 is 43.9 Å². The van der Waals surface area contributed by atoms with Crippen LogP contribution in [0.4, 0.5) is 5.69 Å². The predicted molar refractivity (Wildman–Crippen MR) is 97.3 cm³/mol. The van der Waals surface area contributed by atoms with Crippen molar-refractivity contribution in [2.75, 3.05) is 31.2 Å². The first-order chi connectivity index (χ1) is 13.5. The summed E-state index contributed by atoms with van der Waals surface area (Å²) in [5.41, 5.74) is -1.34. The average molecular weight is 437 g/mol. The fourth-order valence-electron chi connectivity index (χ4n) is 3.88. The van der Waals surface area contributed by atoms with Crippen LogP contribution in [-0.2, 0) is 14.0 Å². The Labute approximate surface area is 164 Å². The number of anilines is 1. The van der Waals surface area contributed by atoms with Crippen LogP contribution in [0.3, 0.4) is 0 Å². The molecule has 1 heterocycles. The summed E-state index contributed by atoms with van der Waals surface area (Å²) in [6.45, 7) is 2.00. The van der Waals surface area contributed by atoms with Crippen LogP contribution in [0.1, 0.15) is 13.3 Å². The number of aliphatic hydroxyl groups is 3. The number of aliphatic hydroxyl groups excluding tert-OH is 2. The van der Waals surface area contributed by atoms with E-state index in [0.717, 1.165) is 0 Å². The molecule has 2 aliphatic rings. The van der Waals surface area contributed by atoms with Crippen molar-refractivity contribution >= 4 is 13.3 Å². The van der Waals surface area contributed by atoms with Crippen LogP contribution < -0.4 is 20.9 Å². The first-order valence-electron chi connectivity index (χ1n) is 9.13. The van der Waals surface area contributed by atoms with E-state index in [1.165, 1.54) is 0 Å². The SMILES string of the molecule is CCOc1c(NCCO[C@H]2OC3(O)C2C(O)[C@H](O)C3CCP(=O)(O)O)c(=O)c1=O. The van der Waals surface area contributed by atoms with E-state index in [0.29, 0.717) is 0 Å². The van der Waals surface area contributed by atoms with Gasteiger partial charge in [0, 0.05) is 12.5 Å². The predicted octanol–water partition coefficient (Wildman–Crippen LogP) is -2.31. The average Bonchev–Trinajstić information content (AvgIpc) is 2.77. The van der Waals surface area contributed by atoms with E-state index >= 15 is 0 Å². The van der Waals surface area contributed by atoms with Gasteiger partial charge in [-0.2, -0.15) is 0 Å². The van der Waals surface area contributed by atoms with Gasteiger partial charge in [0.05, 0.1) is 37.5 Å². The molecular weight excluding hydrogens is 413 g/mol. The normalized spacial score (nSPS) is 34.1. The summed E-state index contributed by atoms with van der Waals surface area (Å²) in [7, 11) is -4.35. The van der Waals surface area contributed by atoms with E-state index in [-0.39, 0.29) is 37.6 Å². The van der Waals surface area contributed by atoms with Crippen molar-refractivity contribution in [3.8, 4) is 5.75 Å². The van der Waals surface area contributed by atoms with Gasteiger partial charge in [0.15, 0.2) is 17.8 Å². The van der Waals surface area contributed by atoms with Crippen LogP contribution in [0.25, 0.3) is 0 Å². The zero-order chi connectivity index (χ0) is 21.6. The van der Waals surface area contributed by atoms with Gasteiger partial charge in [0.25, 0.3) is 10.9 Å². The molecule has 164 valence electrons. The van der Waals surface area contributed by atoms with Gasteiger partial charge in [-0.05, 0) is 13.3 Å². The van der Waals surface area contributed by atoms with Gasteiger partial charge in [-0.1, -0.05) is 0 Å². The smallest absolute Gasteiger partial charge is 0.325 e. The summed E-state index contributed by atoms with van der Waals surface area (Å²) in [5.74, 6) is -4.06. The van der Waals surface area contributed by atoms with Crippen molar-refractivity contribution in [3.63, 3.8) is 0 Å². The lowest BCUT2D eigenvalue weighted by molar-refractivity contribution is -0.437. The van der Waals surface area contributed by atoms with E-state index in [4.69, 9.17) is 24.0 Å². The molecule has 1 aromatic carbocycles. The highest BCUT2D eigenvalue weighted by Gasteiger charge is 2.71. The molecule has 1 aromatic rings. The van der Waals surface area contributed by atoms with Gasteiger partial charge in [-0.25, -0.2) is 0 Å². The van der Waals surface area contributed by atoms with E-state index in [2.05, 4.69) is 5.32 Å². The number of rotatable bonds is 10. The molecule has 1 saturated carbocycles. The maximum absolute atomic E-state index is 11.5. The maximum Gasteiger partial charge on any atom is 0.325 e. The van der Waals surface area contributed by atoms with Gasteiger partial charge < -0.3 is 44.6 Å². The van der Waals surface area contributed by atoms with E-state index < -0.39 is 60.7 Å². The zero-order valence-corrected chi connectivity index (χ0v) is 16.4. The van der Waals surface area contributed by atoms with Crippen molar-refractivity contribution in [1.82, 2.24) is 0 Å². The maximum atomic E-state index is 11.5. The largest absolute Gasteiger partial charge is 0.488 e. The first-order valence-corrected chi connectivity index (χ1v) is 10.9. The molecule has 13 heteroatoms. The molecule has 2 fully saturated rings. The second kappa shape index (κ2) is 8.05. The molecule has 4 unspecified atom stereocenters. The Kier molecular flexibility index (Phi) is 6.19. The van der Waals surface area contributed by atoms with Gasteiger partial charge in [-0.15, -0.1) is 0 Å². The van der Waals surface area contributed by atoms with Crippen molar-refractivity contribution in [2.45, 2.75) is 37.6 Å². The highest BCUT2D eigenvalue weighted by molar-refractivity contribution is 7.51. The minimum Gasteiger partial charge on any atom is -0.488 e. The highest BCUT2D eigenvalue weighted by Crippen LogP contribution is 2.55. The van der Waals surface area contributed by atoms with Gasteiger partial charge in [-0.3, -0.25) is 14.2 Å². The third-order valence-corrected chi connectivity index (χ3v) is 6.15. The summed E-state index contributed by atoms with van der Waals surface area (Å²) in [6.07, 6.45) is -4.69. The number of ether oxygens (including phenoxy) is 3. The summed E-state index contributed by atoms with van der Waals surface area (Å²) >= 11 is 0. The number of hydrogen-bond acceptors (Lipinski definition) is 10. The molecule has 0 amide bonds. The number of hydrogen-bond donors (Lipinski definition) is 6. The molecule has 12 nitrogen and oxygen atoms in total. The van der Waals surface area contributed by atoms with Crippen molar-refractivity contribution in [1.29, 1.82) is 0 Å². The van der Waals surface area contributed by atoms with Crippen molar-refractivity contribution in [3.05, 3.63) is 20.4 Å². The molecule has 1 saturated heterocycles. The van der Waals surface area contributed by atoms with E-state index in [9.17, 15) is 29.5 Å². The lowest BCUT2D eigenvalue weighted by Gasteiger charge is -2.49. The number of fused-ring (bicyclic) bond motifs is 1. The lowest BCUT2D eigenvalue weighted by atomic mass is 9.88. The zero-order valence-electron chi connectivity index (χ0n) is 15.6. The summed E-state index contributed by atoms with van der Waals surface area (Å²) < 4.78 is 26.8. The Morgan fingerprint density at radius 2 is 1.90 bits per heavy atom. The minimum absolute atomic E-state index is 0.0163. The van der Waals surface area contributed by atoms with Crippen LogP contribution >= 0.6 is 7.60 Å². The molecule has 6 atom stereocenters. The van der Waals surface area contributed by atoms with Gasteiger partial charge >= 0.3 is 7.60 Å². The fraction of sp³-hybridized carbons (Fsp3) is 0.750. The molecular formula is C16H24NO11P. The highest BCUT2D eigenvalue weighted by atomic mass is 31.2. The van der Waals surface area contributed by atoms with Crippen molar-refractivity contribution in [2.24, 2.45) is 11.8 Å². The molecule has 29 heavy (non-hydrogen) atoms. The fourth-order valence-corrected chi connectivity index (χ4v) is 4.50. The molecule has 1 aliphatic carbocycles. The van der Waals surface area contributed by atoms with Crippen LogP contribution in [0, 0.1) is 11.8 Å². The second-order valence-corrected chi connectivity index (χ2v) is 8.90. The third kappa shape index (κ3) is 3.99. The van der Waals surface area contributed by atoms with Crippen LogP contribution in [0.15, 0.2) is 9.59 Å². The Balaban J connectivity index is 1.51. The summed E-state index contributed by atoms with van der Waals surface area (Å²) in [5, 5.41) is 33.6. The van der Waals surface area contributed by atoms with Crippen LogP contribution in [0.5, 0.6) is 5.75 Å². The minimum atomic E-state index is -4.35. The van der Waals surface area contributed by atoms with Gasteiger partial charge in [0.1, 0.15) is 5.69 Å². The Morgan fingerprint density at radius 3 is 2.52 bits per heavy atom. The monoisotopic (exact) mass is 437 g/mol. The quantitative estimate of drug-likeness (QED) is 0.130. The Bertz CT molecular complexity index is 862. The standard InChI is InChI=1S/C16H24NO11P/c1-2-26-14-9(12(20)13(14)21)17-4-5-27-15-8-11(19)10(18)7(16(8,22)28-15)3-6-29(23,24)25/h7-8,10-11,15,17-19,22H,2-6H2,1H3,(H2,23,24,25)/t7?,8?,10-,11?,15+,16?/m1/s1. The Hall–Kier alpha value is -1.37. The molecule has 1 aliphatic heterocycles. The van der Waals surface area contributed by atoms with Crippen LogP contribution in [0.2, 0.25) is 0 Å². The molecule has 6 N–H and O–H groups in total. The molecule has 0 radical (unpaired) electrons. The van der Waals surface area contributed by atoms with Gasteiger partial charge in [0.2, 0.25) is 0 Å². The lowest BCUT2D eigenvalue weighted by Crippen LogP contribution is -2.63. The third-order valence-electron chi connectivity index (χ3n) is 5.31. The Morgan fingerprint density at radius 1 is 1.21 bits per heavy atom.